The third-order valence-corrected chi connectivity index (χ3v) is 0.565. The molecule has 2 aromatic rings. The van der Waals surface area contributed by atoms with E-state index in [0.717, 1.165) is 0 Å². The number of nitrogens with zero attached hydrogens (tertiary/aromatic N) is 4. The molecule has 0 spiro atoms. The van der Waals surface area contributed by atoms with Gasteiger partial charge in [0.05, 0.1) is 18.6 Å². The average molecular weight is 140 g/mol. The minimum atomic E-state index is 1.40. The Kier molecular flexibility index (Phi) is 2.68. The largest absolute Gasteiger partial charge is 0.346 e. The summed E-state index contributed by atoms with van der Waals surface area (Å²) in [5.74, 6) is 0. The SMILES string of the molecule is c1cnon1.c1conn1. The predicted octanol–water partition coefficient (Wildman–Crippen LogP) is 0.139. The van der Waals surface area contributed by atoms with Crippen LogP contribution in [0, 0.1) is 0 Å². The third-order valence-electron chi connectivity index (χ3n) is 0.565. The predicted molar refractivity (Wildman–Crippen MR) is 28.6 cm³/mol. The molecule has 2 heterocycles. The highest BCUT2D eigenvalue weighted by Gasteiger charge is 1.62. The van der Waals surface area contributed by atoms with Gasteiger partial charge >= 0.3 is 0 Å². The Hall–Kier alpha value is -1.72. The van der Waals surface area contributed by atoms with Crippen molar-refractivity contribution in [3.8, 4) is 0 Å². The molecule has 2 rings (SSSR count). The highest BCUT2D eigenvalue weighted by atomic mass is 16.6. The fraction of sp³-hybridized carbons (Fsp3) is 0. The summed E-state index contributed by atoms with van der Waals surface area (Å²) in [6.45, 7) is 0. The molecule has 0 bridgehead atoms. The summed E-state index contributed by atoms with van der Waals surface area (Å²) in [4.78, 5) is 0. The smallest absolute Gasteiger partial charge is 0.144 e. The van der Waals surface area contributed by atoms with Crippen LogP contribution in [-0.4, -0.2) is 20.7 Å². The first kappa shape index (κ1) is 6.40. The van der Waals surface area contributed by atoms with Gasteiger partial charge in [-0.25, -0.2) is 4.63 Å². The van der Waals surface area contributed by atoms with E-state index in [2.05, 4.69) is 29.8 Å². The lowest BCUT2D eigenvalue weighted by Gasteiger charge is -1.45. The number of aromatic nitrogens is 4. The van der Waals surface area contributed by atoms with E-state index in [9.17, 15) is 0 Å². The maximum atomic E-state index is 4.22. The van der Waals surface area contributed by atoms with Gasteiger partial charge in [0.25, 0.3) is 0 Å². The molecule has 0 aliphatic heterocycles. The van der Waals surface area contributed by atoms with E-state index in [1.165, 1.54) is 24.9 Å². The molecule has 0 fully saturated rings. The van der Waals surface area contributed by atoms with Crippen molar-refractivity contribution in [1.29, 1.82) is 0 Å². The first-order valence-electron chi connectivity index (χ1n) is 2.42. The molecule has 0 amide bonds. The molecule has 6 heteroatoms. The Balaban J connectivity index is 0.0000001000. The topological polar surface area (TPSA) is 77.8 Å². The Morgan fingerprint density at radius 2 is 1.80 bits per heavy atom. The molecule has 2 aromatic heterocycles. The molecular weight excluding hydrogens is 136 g/mol. The van der Waals surface area contributed by atoms with Gasteiger partial charge in [-0.2, -0.15) is 0 Å². The van der Waals surface area contributed by atoms with Crippen LogP contribution >= 0.6 is 0 Å². The first-order valence-corrected chi connectivity index (χ1v) is 2.42. The van der Waals surface area contributed by atoms with E-state index in [-0.39, 0.29) is 0 Å². The van der Waals surface area contributed by atoms with E-state index >= 15 is 0 Å². The van der Waals surface area contributed by atoms with Gasteiger partial charge in [-0.1, -0.05) is 10.3 Å². The molecule has 0 saturated heterocycles. The van der Waals surface area contributed by atoms with Crippen LogP contribution in [-0.2, 0) is 0 Å². The van der Waals surface area contributed by atoms with Crippen LogP contribution in [0.5, 0.6) is 0 Å². The van der Waals surface area contributed by atoms with Gasteiger partial charge in [-0.05, 0) is 0 Å². The molecule has 0 saturated carbocycles. The molecule has 0 aromatic carbocycles. The molecule has 0 aliphatic carbocycles. The quantitative estimate of drug-likeness (QED) is 0.517. The van der Waals surface area contributed by atoms with Crippen molar-refractivity contribution < 1.29 is 9.15 Å². The van der Waals surface area contributed by atoms with E-state index in [1.807, 2.05) is 0 Å². The summed E-state index contributed by atoms with van der Waals surface area (Å²) in [5, 5.41) is 12.9. The van der Waals surface area contributed by atoms with Crippen LogP contribution in [0.1, 0.15) is 0 Å². The maximum absolute atomic E-state index is 4.22. The summed E-state index contributed by atoms with van der Waals surface area (Å²) < 4.78 is 8.31. The number of hydrogen-bond acceptors (Lipinski definition) is 6. The highest BCUT2D eigenvalue weighted by Crippen LogP contribution is 1.64. The van der Waals surface area contributed by atoms with Crippen molar-refractivity contribution in [3.05, 3.63) is 24.9 Å². The van der Waals surface area contributed by atoms with Gasteiger partial charge in [0.1, 0.15) is 6.26 Å². The Morgan fingerprint density at radius 3 is 2.00 bits per heavy atom. The highest BCUT2D eigenvalue weighted by molar-refractivity contribution is 4.51. The number of rotatable bonds is 0. The van der Waals surface area contributed by atoms with Crippen molar-refractivity contribution >= 4 is 0 Å². The molecule has 10 heavy (non-hydrogen) atoms. The van der Waals surface area contributed by atoms with Gasteiger partial charge in [-0.15, -0.1) is 5.10 Å². The van der Waals surface area contributed by atoms with Crippen LogP contribution in [0.25, 0.3) is 0 Å². The Labute approximate surface area is 55.8 Å². The van der Waals surface area contributed by atoms with Gasteiger partial charge < -0.3 is 4.52 Å². The average Bonchev–Trinajstić information content (AvgIpc) is 2.67. The standard InChI is InChI=1S/2C2H2N2O/c1-2-5-4-3-1;1-2-4-5-3-1/h2*1-2H. The van der Waals surface area contributed by atoms with Crippen LogP contribution in [0.3, 0.4) is 0 Å². The van der Waals surface area contributed by atoms with Crippen molar-refractivity contribution in [2.75, 3.05) is 0 Å². The Morgan fingerprint density at radius 1 is 1.00 bits per heavy atom. The molecule has 0 atom stereocenters. The Bertz CT molecular complexity index is 154. The van der Waals surface area contributed by atoms with E-state index < -0.39 is 0 Å². The maximum Gasteiger partial charge on any atom is 0.144 e. The second-order valence-electron chi connectivity index (χ2n) is 1.18. The second kappa shape index (κ2) is 4.19. The second-order valence-corrected chi connectivity index (χ2v) is 1.18. The number of hydrogen-bond donors (Lipinski definition) is 0. The summed E-state index contributed by atoms with van der Waals surface area (Å²) in [5.41, 5.74) is 0. The molecule has 0 unspecified atom stereocenters. The van der Waals surface area contributed by atoms with E-state index in [0.29, 0.717) is 0 Å². The van der Waals surface area contributed by atoms with Crippen molar-refractivity contribution in [3.63, 3.8) is 0 Å². The van der Waals surface area contributed by atoms with E-state index in [1.54, 1.807) is 0 Å². The van der Waals surface area contributed by atoms with Crippen LogP contribution in [0.15, 0.2) is 34.0 Å². The zero-order valence-electron chi connectivity index (χ0n) is 4.91. The zero-order valence-corrected chi connectivity index (χ0v) is 4.91. The summed E-state index contributed by atoms with van der Waals surface area (Å²) in [6.07, 6.45) is 5.82. The monoisotopic (exact) mass is 140 g/mol. The lowest BCUT2D eigenvalue weighted by atomic mass is 11.0. The normalized spacial score (nSPS) is 8.00. The first-order chi connectivity index (χ1) is 5.00. The molecule has 0 aliphatic rings. The van der Waals surface area contributed by atoms with Gasteiger partial charge in [0.15, 0.2) is 0 Å². The molecule has 6 nitrogen and oxygen atoms in total. The minimum absolute atomic E-state index is 1.40. The fourth-order valence-electron chi connectivity index (χ4n) is 0.272. The summed E-state index contributed by atoms with van der Waals surface area (Å²) in [6, 6.07) is 0. The fourth-order valence-corrected chi connectivity index (χ4v) is 0.272. The summed E-state index contributed by atoms with van der Waals surface area (Å²) >= 11 is 0. The van der Waals surface area contributed by atoms with Crippen molar-refractivity contribution in [2.24, 2.45) is 0 Å². The van der Waals surface area contributed by atoms with Crippen molar-refractivity contribution in [1.82, 2.24) is 20.7 Å². The molecular formula is C4H4N4O2. The van der Waals surface area contributed by atoms with Gasteiger partial charge in [-0.3, -0.25) is 0 Å². The van der Waals surface area contributed by atoms with E-state index in [4.69, 9.17) is 0 Å². The zero-order chi connectivity index (χ0) is 7.07. The minimum Gasteiger partial charge on any atom is -0.346 e. The summed E-state index contributed by atoms with van der Waals surface area (Å²) in [7, 11) is 0. The lowest BCUT2D eigenvalue weighted by Crippen LogP contribution is -1.53. The van der Waals surface area contributed by atoms with Crippen molar-refractivity contribution in [2.45, 2.75) is 0 Å². The molecule has 52 valence electrons. The van der Waals surface area contributed by atoms with Crippen LogP contribution in [0.4, 0.5) is 0 Å². The third kappa shape index (κ3) is 2.55. The van der Waals surface area contributed by atoms with Gasteiger partial charge in [0, 0.05) is 5.27 Å². The van der Waals surface area contributed by atoms with Crippen LogP contribution < -0.4 is 0 Å². The molecule has 0 radical (unpaired) electrons. The lowest BCUT2D eigenvalue weighted by molar-refractivity contribution is 0.307. The van der Waals surface area contributed by atoms with Gasteiger partial charge in [0.2, 0.25) is 0 Å². The molecule has 0 N–H and O–H groups in total. The van der Waals surface area contributed by atoms with Crippen LogP contribution in [0.2, 0.25) is 0 Å².